The van der Waals surface area contributed by atoms with Crippen molar-refractivity contribution in [1.82, 2.24) is 15.3 Å². The monoisotopic (exact) mass is 341 g/mol. The second-order valence-electron chi connectivity index (χ2n) is 5.39. The predicted molar refractivity (Wildman–Crippen MR) is 97.4 cm³/mol. The van der Waals surface area contributed by atoms with E-state index in [-0.39, 0.29) is 5.91 Å². The Balaban J connectivity index is 1.56. The van der Waals surface area contributed by atoms with Crippen LogP contribution < -0.4 is 10.1 Å². The van der Waals surface area contributed by atoms with Gasteiger partial charge in [-0.25, -0.2) is 4.98 Å². The summed E-state index contributed by atoms with van der Waals surface area (Å²) < 4.78 is 5.27. The van der Waals surface area contributed by atoms with E-state index in [4.69, 9.17) is 4.74 Å². The van der Waals surface area contributed by atoms with Gasteiger partial charge in [-0.3, -0.25) is 4.79 Å². The van der Waals surface area contributed by atoms with E-state index in [1.54, 1.807) is 24.5 Å². The van der Waals surface area contributed by atoms with Gasteiger partial charge in [-0.05, 0) is 43.2 Å². The van der Waals surface area contributed by atoms with E-state index in [0.717, 1.165) is 39.3 Å². The molecule has 124 valence electrons. The lowest BCUT2D eigenvalue weighted by molar-refractivity contribution is -0.116. The molecule has 3 aromatic rings. The summed E-state index contributed by atoms with van der Waals surface area (Å²) in [5.74, 6) is 0.715. The molecule has 6 heteroatoms. The van der Waals surface area contributed by atoms with Gasteiger partial charge < -0.3 is 15.0 Å². The van der Waals surface area contributed by atoms with Gasteiger partial charge in [0.05, 0.1) is 17.8 Å². The van der Waals surface area contributed by atoms with Gasteiger partial charge >= 0.3 is 0 Å². The number of methoxy groups -OCH3 is 1. The molecule has 5 nitrogen and oxygen atoms in total. The summed E-state index contributed by atoms with van der Waals surface area (Å²) >= 11 is 1.57. The Morgan fingerprint density at radius 3 is 3.08 bits per heavy atom. The van der Waals surface area contributed by atoms with Crippen LogP contribution in [0.2, 0.25) is 0 Å². The van der Waals surface area contributed by atoms with Crippen molar-refractivity contribution >= 4 is 34.2 Å². The van der Waals surface area contributed by atoms with E-state index < -0.39 is 0 Å². The van der Waals surface area contributed by atoms with Crippen molar-refractivity contribution in [2.24, 2.45) is 0 Å². The number of H-pyrrole nitrogens is 1. The molecule has 0 aliphatic heterocycles. The van der Waals surface area contributed by atoms with Gasteiger partial charge in [0, 0.05) is 35.1 Å². The fourth-order valence-electron chi connectivity index (χ4n) is 2.49. The molecule has 1 amide bonds. The molecular formula is C18H19N3O2S. The van der Waals surface area contributed by atoms with Crippen molar-refractivity contribution < 1.29 is 9.53 Å². The van der Waals surface area contributed by atoms with Gasteiger partial charge in [0.2, 0.25) is 5.91 Å². The van der Waals surface area contributed by atoms with Crippen LogP contribution in [0, 0.1) is 6.92 Å². The van der Waals surface area contributed by atoms with E-state index >= 15 is 0 Å². The average Bonchev–Trinajstić information content (AvgIpc) is 3.19. The molecule has 0 aliphatic carbocycles. The highest BCUT2D eigenvalue weighted by Crippen LogP contribution is 2.23. The summed E-state index contributed by atoms with van der Waals surface area (Å²) in [5.41, 5.74) is 3.04. The van der Waals surface area contributed by atoms with Crippen molar-refractivity contribution in [3.63, 3.8) is 0 Å². The van der Waals surface area contributed by atoms with Crippen LogP contribution in [0.15, 0.2) is 35.9 Å². The molecule has 24 heavy (non-hydrogen) atoms. The third-order valence-corrected chi connectivity index (χ3v) is 4.50. The number of nitrogens with one attached hydrogen (secondary N) is 2. The Morgan fingerprint density at radius 1 is 1.46 bits per heavy atom. The topological polar surface area (TPSA) is 67.0 Å². The predicted octanol–water partition coefficient (Wildman–Crippen LogP) is 3.31. The maximum Gasteiger partial charge on any atom is 0.244 e. The second kappa shape index (κ2) is 7.31. The number of ether oxygens (including phenoxy) is 1. The maximum absolute atomic E-state index is 11.9. The fourth-order valence-corrected chi connectivity index (χ4v) is 3.07. The minimum Gasteiger partial charge on any atom is -0.497 e. The number of benzene rings is 1. The Morgan fingerprint density at radius 2 is 2.33 bits per heavy atom. The lowest BCUT2D eigenvalue weighted by atomic mass is 10.1. The standard InChI is InChI=1S/C18H19N3O2S/c1-12-21-14(11-24-12)3-6-18(22)19-8-7-13-10-20-17-5-4-15(23-2)9-16(13)17/h3-6,9-11,20H,7-8H2,1-2H3,(H,19,22)/b6-3-. The molecule has 0 unspecified atom stereocenters. The highest BCUT2D eigenvalue weighted by molar-refractivity contribution is 7.09. The van der Waals surface area contributed by atoms with Crippen molar-refractivity contribution in [2.45, 2.75) is 13.3 Å². The van der Waals surface area contributed by atoms with Crippen molar-refractivity contribution in [2.75, 3.05) is 13.7 Å². The zero-order valence-electron chi connectivity index (χ0n) is 13.6. The number of hydrogen-bond donors (Lipinski definition) is 2. The van der Waals surface area contributed by atoms with Crippen LogP contribution in [0.1, 0.15) is 16.3 Å². The second-order valence-corrected chi connectivity index (χ2v) is 6.45. The van der Waals surface area contributed by atoms with E-state index in [9.17, 15) is 4.79 Å². The normalized spacial score (nSPS) is 11.2. The molecule has 0 saturated heterocycles. The van der Waals surface area contributed by atoms with Crippen LogP contribution in [-0.4, -0.2) is 29.5 Å². The van der Waals surface area contributed by atoms with Gasteiger partial charge in [0.1, 0.15) is 5.75 Å². The molecule has 0 aliphatic rings. The quantitative estimate of drug-likeness (QED) is 0.676. The van der Waals surface area contributed by atoms with E-state index in [1.807, 2.05) is 36.7 Å². The number of aryl methyl sites for hydroxylation is 1. The number of amides is 1. The molecule has 2 N–H and O–H groups in total. The molecule has 0 fully saturated rings. The first-order valence-corrected chi connectivity index (χ1v) is 8.56. The highest BCUT2D eigenvalue weighted by Gasteiger charge is 2.05. The Labute approximate surface area is 144 Å². The molecule has 0 bridgehead atoms. The molecule has 0 spiro atoms. The first-order valence-electron chi connectivity index (χ1n) is 7.68. The van der Waals surface area contributed by atoms with Crippen molar-refractivity contribution in [3.05, 3.63) is 52.1 Å². The van der Waals surface area contributed by atoms with Crippen LogP contribution in [0.3, 0.4) is 0 Å². The Bertz CT molecular complexity index is 879. The molecule has 0 radical (unpaired) electrons. The highest BCUT2D eigenvalue weighted by atomic mass is 32.1. The van der Waals surface area contributed by atoms with Crippen LogP contribution in [0.5, 0.6) is 5.75 Å². The van der Waals surface area contributed by atoms with E-state index in [0.29, 0.717) is 6.54 Å². The van der Waals surface area contributed by atoms with E-state index in [2.05, 4.69) is 15.3 Å². The largest absolute Gasteiger partial charge is 0.497 e. The summed E-state index contributed by atoms with van der Waals surface area (Å²) in [5, 5.41) is 6.94. The summed E-state index contributed by atoms with van der Waals surface area (Å²) in [6, 6.07) is 5.93. The maximum atomic E-state index is 11.9. The number of carbonyl (C=O) groups excluding carboxylic acids is 1. The van der Waals surface area contributed by atoms with Gasteiger partial charge in [-0.15, -0.1) is 11.3 Å². The molecule has 0 atom stereocenters. The number of thiazole rings is 1. The third-order valence-electron chi connectivity index (χ3n) is 3.71. The number of nitrogens with zero attached hydrogens (tertiary/aromatic N) is 1. The number of aromatic amines is 1. The fraction of sp³-hybridized carbons (Fsp3) is 0.222. The minimum atomic E-state index is -0.113. The van der Waals surface area contributed by atoms with Gasteiger partial charge in [-0.1, -0.05) is 0 Å². The molecule has 1 aromatic carbocycles. The van der Waals surface area contributed by atoms with E-state index in [1.165, 1.54) is 6.08 Å². The van der Waals surface area contributed by atoms with Crippen LogP contribution in [-0.2, 0) is 11.2 Å². The summed E-state index contributed by atoms with van der Waals surface area (Å²) in [4.78, 5) is 19.4. The third kappa shape index (κ3) is 3.83. The first kappa shape index (κ1) is 16.3. The Hall–Kier alpha value is -2.60. The number of fused-ring (bicyclic) bond motifs is 1. The smallest absolute Gasteiger partial charge is 0.244 e. The summed E-state index contributed by atoms with van der Waals surface area (Å²) in [6.07, 6.45) is 5.98. The zero-order valence-corrected chi connectivity index (χ0v) is 14.4. The number of rotatable bonds is 6. The van der Waals surface area contributed by atoms with Crippen molar-refractivity contribution in [3.8, 4) is 5.75 Å². The summed E-state index contributed by atoms with van der Waals surface area (Å²) in [7, 11) is 1.66. The minimum absolute atomic E-state index is 0.113. The summed E-state index contributed by atoms with van der Waals surface area (Å²) in [6.45, 7) is 2.52. The molecular weight excluding hydrogens is 322 g/mol. The Kier molecular flexibility index (Phi) is 4.96. The lowest BCUT2D eigenvalue weighted by Crippen LogP contribution is -2.23. The number of carbonyl (C=O) groups is 1. The SMILES string of the molecule is COc1ccc2[nH]cc(CCNC(=O)/C=C\c3csc(C)n3)c2c1. The van der Waals surface area contributed by atoms with Crippen molar-refractivity contribution in [1.29, 1.82) is 0 Å². The molecule has 0 saturated carbocycles. The number of aromatic nitrogens is 2. The molecule has 2 aromatic heterocycles. The first-order chi connectivity index (χ1) is 11.7. The average molecular weight is 341 g/mol. The van der Waals surface area contributed by atoms with Gasteiger partial charge in [0.25, 0.3) is 0 Å². The van der Waals surface area contributed by atoms with Crippen LogP contribution >= 0.6 is 11.3 Å². The van der Waals surface area contributed by atoms with Gasteiger partial charge in [0.15, 0.2) is 0 Å². The van der Waals surface area contributed by atoms with Crippen LogP contribution in [0.4, 0.5) is 0 Å². The number of hydrogen-bond acceptors (Lipinski definition) is 4. The molecule has 3 rings (SSSR count). The van der Waals surface area contributed by atoms with Gasteiger partial charge in [-0.2, -0.15) is 0 Å². The van der Waals surface area contributed by atoms with Crippen LogP contribution in [0.25, 0.3) is 17.0 Å². The zero-order chi connectivity index (χ0) is 16.9. The molecule has 2 heterocycles. The lowest BCUT2D eigenvalue weighted by Gasteiger charge is -2.03.